The Morgan fingerprint density at radius 1 is 1.44 bits per heavy atom. The third kappa shape index (κ3) is 3.64. The maximum Gasteiger partial charge on any atom is 0.321 e. The van der Waals surface area contributed by atoms with Crippen molar-refractivity contribution in [3.05, 3.63) is 34.4 Å². The third-order valence-electron chi connectivity index (χ3n) is 3.89. The van der Waals surface area contributed by atoms with Crippen LogP contribution in [-0.4, -0.2) is 43.9 Å². The summed E-state index contributed by atoms with van der Waals surface area (Å²) in [5.41, 5.74) is 5.20. The summed E-state index contributed by atoms with van der Waals surface area (Å²) in [6, 6.07) is 4.23. The minimum atomic E-state index is -1.24. The Morgan fingerprint density at radius 2 is 2.04 bits per heavy atom. The van der Waals surface area contributed by atoms with Crippen LogP contribution in [0.1, 0.15) is 20.3 Å². The van der Waals surface area contributed by atoms with E-state index in [0.717, 1.165) is 16.7 Å². The average molecular weight is 367 g/mol. The van der Waals surface area contributed by atoms with Gasteiger partial charge in [-0.2, -0.15) is 0 Å². The van der Waals surface area contributed by atoms with Gasteiger partial charge in [0.05, 0.1) is 10.2 Å². The molecule has 1 saturated heterocycles. The molecular formula is C15H17N3O6S. The van der Waals surface area contributed by atoms with Gasteiger partial charge in [-0.05, 0) is 19.9 Å². The van der Waals surface area contributed by atoms with Crippen molar-refractivity contribution in [1.29, 1.82) is 0 Å². The number of carbonyl (C=O) groups excluding carboxylic acids is 2. The smallest absolute Gasteiger partial charge is 0.321 e. The van der Waals surface area contributed by atoms with Crippen molar-refractivity contribution in [1.82, 2.24) is 0 Å². The van der Waals surface area contributed by atoms with Crippen molar-refractivity contribution in [3.8, 4) is 0 Å². The van der Waals surface area contributed by atoms with E-state index in [0.29, 0.717) is 0 Å². The Labute approximate surface area is 147 Å². The van der Waals surface area contributed by atoms with Gasteiger partial charge in [-0.3, -0.25) is 24.5 Å². The number of thioether (sulfide) groups is 1. The highest BCUT2D eigenvalue weighted by molar-refractivity contribution is 8.02. The highest BCUT2D eigenvalue weighted by Gasteiger charge is 2.46. The fourth-order valence-electron chi connectivity index (χ4n) is 2.49. The molecular weight excluding hydrogens is 350 g/mol. The van der Waals surface area contributed by atoms with Crippen molar-refractivity contribution >= 4 is 40.9 Å². The quantitative estimate of drug-likeness (QED) is 0.433. The Morgan fingerprint density at radius 3 is 2.60 bits per heavy atom. The molecule has 1 fully saturated rings. The van der Waals surface area contributed by atoms with Gasteiger partial charge in [-0.1, -0.05) is 12.1 Å². The summed E-state index contributed by atoms with van der Waals surface area (Å²) in [6.45, 7) is 3.14. The van der Waals surface area contributed by atoms with E-state index in [-0.39, 0.29) is 17.8 Å². The van der Waals surface area contributed by atoms with Gasteiger partial charge in [0.25, 0.3) is 5.69 Å². The number of rotatable bonds is 6. The molecule has 2 amide bonds. The highest BCUT2D eigenvalue weighted by atomic mass is 32.2. The second-order valence-corrected chi connectivity index (χ2v) is 7.90. The lowest BCUT2D eigenvalue weighted by Crippen LogP contribution is -2.48. The summed E-state index contributed by atoms with van der Waals surface area (Å²) in [7, 11) is 0. The molecule has 0 saturated carbocycles. The fourth-order valence-corrected chi connectivity index (χ4v) is 3.91. The summed E-state index contributed by atoms with van der Waals surface area (Å²) < 4.78 is -1.01. The maximum absolute atomic E-state index is 12.6. The first kappa shape index (κ1) is 18.9. The van der Waals surface area contributed by atoms with Gasteiger partial charge in [0.2, 0.25) is 11.8 Å². The fraction of sp³-hybridized carbons (Fsp3) is 0.400. The van der Waals surface area contributed by atoms with Crippen molar-refractivity contribution < 1.29 is 24.4 Å². The van der Waals surface area contributed by atoms with Gasteiger partial charge in [-0.15, -0.1) is 11.8 Å². The number of anilines is 1. The van der Waals surface area contributed by atoms with E-state index in [1.807, 2.05) is 0 Å². The topological polar surface area (TPSA) is 144 Å². The van der Waals surface area contributed by atoms with Gasteiger partial charge in [0.15, 0.2) is 0 Å². The van der Waals surface area contributed by atoms with Crippen molar-refractivity contribution in [3.63, 3.8) is 0 Å². The van der Waals surface area contributed by atoms with E-state index in [2.05, 4.69) is 0 Å². The molecule has 1 aromatic rings. The first-order chi connectivity index (χ1) is 11.6. The lowest BCUT2D eigenvalue weighted by Gasteiger charge is -2.30. The molecule has 25 heavy (non-hydrogen) atoms. The Kier molecular flexibility index (Phi) is 5.14. The summed E-state index contributed by atoms with van der Waals surface area (Å²) >= 11 is 0.983. The lowest BCUT2D eigenvalue weighted by molar-refractivity contribution is -0.384. The molecule has 1 heterocycles. The molecule has 0 bridgehead atoms. The molecule has 0 aliphatic carbocycles. The third-order valence-corrected chi connectivity index (χ3v) is 5.40. The molecule has 9 nitrogen and oxygen atoms in total. The van der Waals surface area contributed by atoms with Crippen LogP contribution in [0.2, 0.25) is 0 Å². The van der Waals surface area contributed by atoms with Crippen molar-refractivity contribution in [2.24, 2.45) is 5.73 Å². The number of imide groups is 1. The van der Waals surface area contributed by atoms with E-state index in [1.165, 1.54) is 24.3 Å². The zero-order valence-corrected chi connectivity index (χ0v) is 14.4. The minimum Gasteiger partial charge on any atom is -0.480 e. The van der Waals surface area contributed by atoms with E-state index in [4.69, 9.17) is 10.8 Å². The Bertz CT molecular complexity index is 751. The number of benzene rings is 1. The van der Waals surface area contributed by atoms with Crippen molar-refractivity contribution in [2.45, 2.75) is 36.3 Å². The van der Waals surface area contributed by atoms with Crippen LogP contribution in [-0.2, 0) is 14.4 Å². The van der Waals surface area contributed by atoms with E-state index < -0.39 is 38.7 Å². The summed E-state index contributed by atoms with van der Waals surface area (Å²) in [5, 5.41) is 19.3. The number of carboxylic acids is 1. The normalized spacial score (nSPS) is 19.2. The molecule has 1 aliphatic rings. The second kappa shape index (κ2) is 6.81. The largest absolute Gasteiger partial charge is 0.480 e. The van der Waals surface area contributed by atoms with Crippen LogP contribution in [0.25, 0.3) is 0 Å². The average Bonchev–Trinajstić information content (AvgIpc) is 2.79. The standard InChI is InChI=1S/C15H17N3O6S/c1-15(2,12(16)14(21)22)25-10-7-11(19)17(13(10)20)8-5-3-4-6-9(8)18(23)24/h3-6,10,12H,7,16H2,1-2H3,(H,21,22)/t10-,12-/m0/s1. The van der Waals surface area contributed by atoms with E-state index in [1.54, 1.807) is 13.8 Å². The molecule has 1 aromatic carbocycles. The van der Waals surface area contributed by atoms with Gasteiger partial charge in [0.1, 0.15) is 11.7 Å². The molecule has 134 valence electrons. The molecule has 2 rings (SSSR count). The number of nitro benzene ring substituents is 1. The monoisotopic (exact) mass is 367 g/mol. The number of nitrogens with two attached hydrogens (primary N) is 1. The molecule has 10 heteroatoms. The van der Waals surface area contributed by atoms with E-state index >= 15 is 0 Å². The molecule has 2 atom stereocenters. The number of para-hydroxylation sites is 2. The first-order valence-corrected chi connectivity index (χ1v) is 8.20. The minimum absolute atomic E-state index is 0.0917. The number of aliphatic carboxylic acids is 1. The maximum atomic E-state index is 12.6. The predicted molar refractivity (Wildman–Crippen MR) is 91.3 cm³/mol. The summed E-state index contributed by atoms with van der Waals surface area (Å²) in [4.78, 5) is 47.3. The first-order valence-electron chi connectivity index (χ1n) is 7.32. The van der Waals surface area contributed by atoms with E-state index in [9.17, 15) is 24.5 Å². The zero-order chi connectivity index (χ0) is 18.9. The predicted octanol–water partition coefficient (Wildman–Crippen LogP) is 1.15. The number of hydrogen-bond acceptors (Lipinski definition) is 7. The number of nitro groups is 1. The van der Waals surface area contributed by atoms with Crippen LogP contribution in [0.5, 0.6) is 0 Å². The van der Waals surface area contributed by atoms with Gasteiger partial charge >= 0.3 is 5.97 Å². The molecule has 0 aromatic heterocycles. The van der Waals surface area contributed by atoms with Crippen LogP contribution in [0.4, 0.5) is 11.4 Å². The molecule has 0 spiro atoms. The van der Waals surface area contributed by atoms with Crippen LogP contribution in [0.15, 0.2) is 24.3 Å². The number of hydrogen-bond donors (Lipinski definition) is 2. The Hall–Kier alpha value is -2.46. The molecule has 3 N–H and O–H groups in total. The van der Waals surface area contributed by atoms with Crippen LogP contribution >= 0.6 is 11.8 Å². The summed E-state index contributed by atoms with van der Waals surface area (Å²) in [5.74, 6) is -2.41. The zero-order valence-electron chi connectivity index (χ0n) is 13.5. The highest BCUT2D eigenvalue weighted by Crippen LogP contribution is 2.40. The van der Waals surface area contributed by atoms with Gasteiger partial charge in [0, 0.05) is 17.2 Å². The molecule has 1 aliphatic heterocycles. The molecule has 0 radical (unpaired) electrons. The second-order valence-electron chi connectivity index (χ2n) is 6.04. The van der Waals surface area contributed by atoms with Gasteiger partial charge < -0.3 is 10.8 Å². The Balaban J connectivity index is 2.30. The van der Waals surface area contributed by atoms with Crippen LogP contribution in [0, 0.1) is 10.1 Å². The van der Waals surface area contributed by atoms with Crippen LogP contribution < -0.4 is 10.6 Å². The van der Waals surface area contributed by atoms with Gasteiger partial charge in [-0.25, -0.2) is 4.90 Å². The van der Waals surface area contributed by atoms with Crippen LogP contribution in [0.3, 0.4) is 0 Å². The molecule has 0 unspecified atom stereocenters. The van der Waals surface area contributed by atoms with Crippen molar-refractivity contribution in [2.75, 3.05) is 4.90 Å². The summed E-state index contributed by atoms with van der Waals surface area (Å²) in [6.07, 6.45) is -0.175. The number of amides is 2. The number of carbonyl (C=O) groups is 3. The number of nitrogens with zero attached hydrogens (tertiary/aromatic N) is 2. The lowest BCUT2D eigenvalue weighted by atomic mass is 10.1. The number of carboxylic acid groups (broad SMARTS) is 1. The SMILES string of the molecule is CC(C)(S[C@H]1CC(=O)N(c2ccccc2[N+](=O)[O-])C1=O)[C@@H](N)C(=O)O.